The Morgan fingerprint density at radius 3 is 2.80 bits per heavy atom. The molecule has 15 heavy (non-hydrogen) atoms. The molecular formula is C12H21N3. The summed E-state index contributed by atoms with van der Waals surface area (Å²) < 4.78 is 0. The average Bonchev–Trinajstić information content (AvgIpc) is 2.20. The minimum Gasteiger partial charge on any atom is -0.310 e. The lowest BCUT2D eigenvalue weighted by atomic mass is 10.2. The van der Waals surface area contributed by atoms with Gasteiger partial charge in [0.1, 0.15) is 0 Å². The zero-order valence-electron chi connectivity index (χ0n) is 10.1. The largest absolute Gasteiger partial charge is 0.310 e. The number of hydrogen-bond acceptors (Lipinski definition) is 3. The lowest BCUT2D eigenvalue weighted by molar-refractivity contribution is 0.302. The number of hydrogen-bond donors (Lipinski definition) is 1. The molecule has 3 nitrogen and oxygen atoms in total. The summed E-state index contributed by atoms with van der Waals surface area (Å²) in [7, 11) is 4.19. The molecule has 0 aliphatic heterocycles. The first-order valence-electron chi connectivity index (χ1n) is 5.39. The van der Waals surface area contributed by atoms with Crippen molar-refractivity contribution in [2.45, 2.75) is 26.4 Å². The van der Waals surface area contributed by atoms with Gasteiger partial charge in [0, 0.05) is 25.3 Å². The maximum Gasteiger partial charge on any atom is 0.0570 e. The molecular weight excluding hydrogens is 186 g/mol. The van der Waals surface area contributed by atoms with Crippen LogP contribution in [0, 0.1) is 6.92 Å². The quantitative estimate of drug-likeness (QED) is 0.791. The Bertz CT molecular complexity index is 297. The van der Waals surface area contributed by atoms with Crippen LogP contribution in [0.2, 0.25) is 0 Å². The van der Waals surface area contributed by atoms with Gasteiger partial charge < -0.3 is 10.2 Å². The lowest BCUT2D eigenvalue weighted by Gasteiger charge is -2.20. The van der Waals surface area contributed by atoms with Gasteiger partial charge in [0.15, 0.2) is 0 Å². The van der Waals surface area contributed by atoms with E-state index < -0.39 is 0 Å². The minimum atomic E-state index is 0.550. The Balaban J connectivity index is 2.35. The van der Waals surface area contributed by atoms with Crippen LogP contribution in [0.3, 0.4) is 0 Å². The standard InChI is InChI=1S/C12H21N3/c1-10-6-5-7-14-12(10)9-13-8-11(2)15(3)4/h5-7,11,13H,8-9H2,1-4H3. The summed E-state index contributed by atoms with van der Waals surface area (Å²) in [6.45, 7) is 6.14. The second-order valence-electron chi connectivity index (χ2n) is 4.21. The van der Waals surface area contributed by atoms with Crippen LogP contribution < -0.4 is 5.32 Å². The van der Waals surface area contributed by atoms with Crippen LogP contribution in [0.4, 0.5) is 0 Å². The number of pyridine rings is 1. The molecule has 0 fully saturated rings. The Labute approximate surface area is 92.5 Å². The fourth-order valence-electron chi connectivity index (χ4n) is 1.29. The van der Waals surface area contributed by atoms with Crippen molar-refractivity contribution in [1.82, 2.24) is 15.2 Å². The molecule has 0 saturated heterocycles. The van der Waals surface area contributed by atoms with E-state index in [1.165, 1.54) is 5.56 Å². The van der Waals surface area contributed by atoms with Gasteiger partial charge >= 0.3 is 0 Å². The van der Waals surface area contributed by atoms with Gasteiger partial charge in [-0.1, -0.05) is 6.07 Å². The van der Waals surface area contributed by atoms with Crippen molar-refractivity contribution in [2.24, 2.45) is 0 Å². The van der Waals surface area contributed by atoms with Crippen molar-refractivity contribution in [2.75, 3.05) is 20.6 Å². The number of likely N-dealkylation sites (N-methyl/N-ethyl adjacent to an activating group) is 1. The van der Waals surface area contributed by atoms with Crippen molar-refractivity contribution < 1.29 is 0 Å². The van der Waals surface area contributed by atoms with E-state index in [0.29, 0.717) is 6.04 Å². The maximum atomic E-state index is 4.34. The highest BCUT2D eigenvalue weighted by Gasteiger charge is 2.04. The van der Waals surface area contributed by atoms with Crippen LogP contribution in [0.5, 0.6) is 0 Å². The van der Waals surface area contributed by atoms with Gasteiger partial charge in [0.2, 0.25) is 0 Å². The molecule has 84 valence electrons. The molecule has 3 heteroatoms. The molecule has 0 aromatic carbocycles. The Hall–Kier alpha value is -0.930. The van der Waals surface area contributed by atoms with E-state index in [0.717, 1.165) is 18.8 Å². The normalized spacial score (nSPS) is 13.1. The van der Waals surface area contributed by atoms with Crippen molar-refractivity contribution in [3.8, 4) is 0 Å². The molecule has 1 rings (SSSR count). The third-order valence-corrected chi connectivity index (χ3v) is 2.73. The lowest BCUT2D eigenvalue weighted by Crippen LogP contribution is -2.35. The molecule has 1 aromatic heterocycles. The van der Waals surface area contributed by atoms with Crippen LogP contribution in [0.1, 0.15) is 18.2 Å². The molecule has 0 spiro atoms. The first kappa shape index (κ1) is 12.1. The summed E-state index contributed by atoms with van der Waals surface area (Å²) in [5, 5.41) is 3.42. The van der Waals surface area contributed by atoms with Crippen LogP contribution in [0.25, 0.3) is 0 Å². The van der Waals surface area contributed by atoms with Crippen molar-refractivity contribution in [1.29, 1.82) is 0 Å². The van der Waals surface area contributed by atoms with Gasteiger partial charge in [-0.2, -0.15) is 0 Å². The van der Waals surface area contributed by atoms with E-state index >= 15 is 0 Å². The van der Waals surface area contributed by atoms with E-state index in [9.17, 15) is 0 Å². The fraction of sp³-hybridized carbons (Fsp3) is 0.583. The fourth-order valence-corrected chi connectivity index (χ4v) is 1.29. The maximum absolute atomic E-state index is 4.34. The molecule has 0 aliphatic rings. The Morgan fingerprint density at radius 1 is 1.47 bits per heavy atom. The number of aryl methyl sites for hydroxylation is 1. The van der Waals surface area contributed by atoms with Crippen LogP contribution in [0.15, 0.2) is 18.3 Å². The molecule has 1 aromatic rings. The molecule has 0 saturated carbocycles. The second kappa shape index (κ2) is 5.83. The predicted octanol–water partition coefficient (Wildman–Crippen LogP) is 1.43. The number of nitrogens with one attached hydrogen (secondary N) is 1. The molecule has 0 aliphatic carbocycles. The topological polar surface area (TPSA) is 28.2 Å². The highest BCUT2D eigenvalue weighted by atomic mass is 15.1. The Kier molecular flexibility index (Phi) is 4.72. The number of aromatic nitrogens is 1. The first-order valence-corrected chi connectivity index (χ1v) is 5.39. The summed E-state index contributed by atoms with van der Waals surface area (Å²) in [5.41, 5.74) is 2.39. The van der Waals surface area contributed by atoms with Gasteiger partial charge in [-0.05, 0) is 39.6 Å². The summed E-state index contributed by atoms with van der Waals surface area (Å²) in [5.74, 6) is 0. The van der Waals surface area contributed by atoms with E-state index in [2.05, 4.69) is 49.2 Å². The zero-order chi connectivity index (χ0) is 11.3. The monoisotopic (exact) mass is 207 g/mol. The third kappa shape index (κ3) is 3.98. The van der Waals surface area contributed by atoms with Crippen LogP contribution in [-0.4, -0.2) is 36.6 Å². The van der Waals surface area contributed by atoms with Crippen LogP contribution >= 0.6 is 0 Å². The summed E-state index contributed by atoms with van der Waals surface area (Å²) in [6.07, 6.45) is 1.85. The molecule has 1 heterocycles. The van der Waals surface area contributed by atoms with Gasteiger partial charge in [0.05, 0.1) is 5.69 Å². The second-order valence-corrected chi connectivity index (χ2v) is 4.21. The zero-order valence-corrected chi connectivity index (χ0v) is 10.1. The molecule has 1 N–H and O–H groups in total. The van der Waals surface area contributed by atoms with Crippen molar-refractivity contribution in [3.63, 3.8) is 0 Å². The first-order chi connectivity index (χ1) is 7.11. The SMILES string of the molecule is Cc1cccnc1CNCC(C)N(C)C. The van der Waals surface area contributed by atoms with Gasteiger partial charge in [-0.15, -0.1) is 0 Å². The van der Waals surface area contributed by atoms with E-state index in [1.54, 1.807) is 0 Å². The predicted molar refractivity (Wildman–Crippen MR) is 63.8 cm³/mol. The van der Waals surface area contributed by atoms with E-state index in [-0.39, 0.29) is 0 Å². The molecule has 0 radical (unpaired) electrons. The summed E-state index contributed by atoms with van der Waals surface area (Å²) in [6, 6.07) is 4.62. The van der Waals surface area contributed by atoms with E-state index in [1.807, 2.05) is 12.3 Å². The average molecular weight is 207 g/mol. The molecule has 0 bridgehead atoms. The van der Waals surface area contributed by atoms with E-state index in [4.69, 9.17) is 0 Å². The molecule has 0 amide bonds. The summed E-state index contributed by atoms with van der Waals surface area (Å²) >= 11 is 0. The van der Waals surface area contributed by atoms with Crippen LogP contribution in [-0.2, 0) is 6.54 Å². The van der Waals surface area contributed by atoms with Gasteiger partial charge in [0.25, 0.3) is 0 Å². The van der Waals surface area contributed by atoms with Gasteiger partial charge in [-0.3, -0.25) is 4.98 Å². The Morgan fingerprint density at radius 2 is 2.20 bits per heavy atom. The van der Waals surface area contributed by atoms with Gasteiger partial charge in [-0.25, -0.2) is 0 Å². The van der Waals surface area contributed by atoms with Crippen molar-refractivity contribution in [3.05, 3.63) is 29.6 Å². The molecule has 1 atom stereocenters. The highest BCUT2D eigenvalue weighted by molar-refractivity contribution is 5.17. The number of rotatable bonds is 5. The smallest absolute Gasteiger partial charge is 0.0570 e. The third-order valence-electron chi connectivity index (χ3n) is 2.73. The minimum absolute atomic E-state index is 0.550. The highest BCUT2D eigenvalue weighted by Crippen LogP contribution is 2.02. The molecule has 1 unspecified atom stereocenters. The van der Waals surface area contributed by atoms with Crippen molar-refractivity contribution >= 4 is 0 Å². The number of nitrogens with zero attached hydrogens (tertiary/aromatic N) is 2. The summed E-state index contributed by atoms with van der Waals surface area (Å²) in [4.78, 5) is 6.55.